The monoisotopic (exact) mass is 581 g/mol. The van der Waals surface area contributed by atoms with Crippen molar-refractivity contribution >= 4 is 16.3 Å². The standard InChI is InChI=1S/C32H35N7O2S/c1-18-10-11-20(17-35-18)23-15-26(40-19(2)24-8-6-14-39(24)3)37-31(36-23)28-21-7-4-12-32(29(21)38-41-28)13-5-9-25-27(32)22(16-33)30(34)42-25/h10-11,15,17,19,24H,4-9,12-14,34H2,1-3H3/t19-,24-,32-/m0/s1. The van der Waals surface area contributed by atoms with Crippen LogP contribution in [0.4, 0.5) is 5.00 Å². The van der Waals surface area contributed by atoms with Gasteiger partial charge < -0.3 is 15.0 Å². The molecule has 0 bridgehead atoms. The fourth-order valence-electron chi connectivity index (χ4n) is 7.38. The zero-order valence-electron chi connectivity index (χ0n) is 24.3. The van der Waals surface area contributed by atoms with E-state index in [9.17, 15) is 5.26 Å². The molecule has 0 radical (unpaired) electrons. The molecule has 3 atom stereocenters. The zero-order chi connectivity index (χ0) is 29.0. The average Bonchev–Trinajstić information content (AvgIpc) is 3.70. The second kappa shape index (κ2) is 10.5. The van der Waals surface area contributed by atoms with Gasteiger partial charge in [-0.25, -0.2) is 4.98 Å². The molecule has 2 N–H and O–H groups in total. The van der Waals surface area contributed by atoms with E-state index in [2.05, 4.69) is 29.9 Å². The summed E-state index contributed by atoms with van der Waals surface area (Å²) >= 11 is 1.55. The molecule has 0 unspecified atom stereocenters. The molecule has 4 aromatic heterocycles. The molecule has 1 aliphatic heterocycles. The van der Waals surface area contributed by atoms with Gasteiger partial charge in [-0.2, -0.15) is 10.2 Å². The molecule has 1 spiro atoms. The van der Waals surface area contributed by atoms with E-state index in [1.165, 1.54) is 11.3 Å². The Hall–Kier alpha value is -3.81. The molecule has 10 heteroatoms. The third-order valence-corrected chi connectivity index (χ3v) is 10.5. The molecule has 0 aromatic carbocycles. The zero-order valence-corrected chi connectivity index (χ0v) is 25.1. The van der Waals surface area contributed by atoms with Crippen molar-refractivity contribution in [3.63, 3.8) is 0 Å². The summed E-state index contributed by atoms with van der Waals surface area (Å²) < 4.78 is 12.7. The molecule has 1 fully saturated rings. The number of thiophene rings is 1. The largest absolute Gasteiger partial charge is 0.473 e. The molecule has 42 heavy (non-hydrogen) atoms. The second-order valence-electron chi connectivity index (χ2n) is 12.0. The Bertz CT molecular complexity index is 1680. The van der Waals surface area contributed by atoms with Crippen LogP contribution in [0.15, 0.2) is 28.9 Å². The summed E-state index contributed by atoms with van der Waals surface area (Å²) in [4.78, 5) is 17.9. The highest BCUT2D eigenvalue weighted by molar-refractivity contribution is 7.16. The van der Waals surface area contributed by atoms with Crippen LogP contribution in [0.1, 0.15) is 78.4 Å². The lowest BCUT2D eigenvalue weighted by molar-refractivity contribution is 0.117. The minimum atomic E-state index is -0.374. The van der Waals surface area contributed by atoms with Crippen LogP contribution in [0.2, 0.25) is 0 Å². The second-order valence-corrected chi connectivity index (χ2v) is 13.1. The molecule has 2 aliphatic carbocycles. The maximum atomic E-state index is 10.1. The van der Waals surface area contributed by atoms with Crippen molar-refractivity contribution in [3.8, 4) is 34.8 Å². The summed E-state index contributed by atoms with van der Waals surface area (Å²) in [6.07, 6.45) is 9.63. The van der Waals surface area contributed by atoms with Gasteiger partial charge in [0.05, 0.1) is 17.0 Å². The summed E-state index contributed by atoms with van der Waals surface area (Å²) in [5.41, 5.74) is 12.1. The van der Waals surface area contributed by atoms with Gasteiger partial charge in [0.1, 0.15) is 17.2 Å². The van der Waals surface area contributed by atoms with Crippen molar-refractivity contribution < 1.29 is 9.26 Å². The number of nitriles is 1. The van der Waals surface area contributed by atoms with E-state index in [1.807, 2.05) is 31.3 Å². The summed E-state index contributed by atoms with van der Waals surface area (Å²) in [6.45, 7) is 5.15. The number of nitrogens with two attached hydrogens (primary N) is 1. The number of nitrogens with zero attached hydrogens (tertiary/aromatic N) is 6. The van der Waals surface area contributed by atoms with Gasteiger partial charge in [0.15, 0.2) is 0 Å². The molecular weight excluding hydrogens is 546 g/mol. The topological polar surface area (TPSA) is 127 Å². The van der Waals surface area contributed by atoms with Crippen molar-refractivity contribution in [1.29, 1.82) is 5.26 Å². The van der Waals surface area contributed by atoms with E-state index >= 15 is 0 Å². The molecule has 3 aliphatic rings. The number of hydrogen-bond donors (Lipinski definition) is 1. The van der Waals surface area contributed by atoms with Crippen LogP contribution < -0.4 is 10.5 Å². The Balaban J connectivity index is 1.34. The van der Waals surface area contributed by atoms with E-state index in [0.717, 1.165) is 85.3 Å². The summed E-state index contributed by atoms with van der Waals surface area (Å²) in [5, 5.41) is 15.4. The van der Waals surface area contributed by atoms with Crippen LogP contribution in [-0.4, -0.2) is 50.7 Å². The van der Waals surface area contributed by atoms with Crippen molar-refractivity contribution in [2.24, 2.45) is 0 Å². The molecule has 7 rings (SSSR count). The van der Waals surface area contributed by atoms with Gasteiger partial charge in [-0.1, -0.05) is 5.16 Å². The third-order valence-electron chi connectivity index (χ3n) is 9.42. The maximum absolute atomic E-state index is 10.1. The highest BCUT2D eigenvalue weighted by atomic mass is 32.1. The predicted molar refractivity (Wildman–Crippen MR) is 161 cm³/mol. The van der Waals surface area contributed by atoms with Crippen LogP contribution in [0.5, 0.6) is 5.88 Å². The highest BCUT2D eigenvalue weighted by Crippen LogP contribution is 2.54. The Morgan fingerprint density at radius 2 is 2.05 bits per heavy atom. The molecular formula is C32H35N7O2S. The summed E-state index contributed by atoms with van der Waals surface area (Å²) in [7, 11) is 2.15. The first-order valence-corrected chi connectivity index (χ1v) is 15.7. The van der Waals surface area contributed by atoms with Gasteiger partial charge in [-0.3, -0.25) is 9.88 Å². The molecule has 5 heterocycles. The Kier molecular flexibility index (Phi) is 6.75. The van der Waals surface area contributed by atoms with E-state index in [-0.39, 0.29) is 11.5 Å². The first-order valence-electron chi connectivity index (χ1n) is 14.9. The average molecular weight is 582 g/mol. The lowest BCUT2D eigenvalue weighted by atomic mass is 9.62. The van der Waals surface area contributed by atoms with E-state index < -0.39 is 0 Å². The van der Waals surface area contributed by atoms with Gasteiger partial charge in [-0.05, 0) is 96.5 Å². The number of rotatable bonds is 5. The first kappa shape index (κ1) is 27.0. The Morgan fingerprint density at radius 1 is 1.21 bits per heavy atom. The molecule has 0 amide bonds. The van der Waals surface area contributed by atoms with E-state index in [4.69, 9.17) is 30.1 Å². The van der Waals surface area contributed by atoms with Crippen LogP contribution in [0.25, 0.3) is 22.8 Å². The number of aromatic nitrogens is 4. The highest BCUT2D eigenvalue weighted by Gasteiger charge is 2.48. The Labute approximate surface area is 249 Å². The summed E-state index contributed by atoms with van der Waals surface area (Å²) in [5.74, 6) is 1.55. The van der Waals surface area contributed by atoms with Gasteiger partial charge in [0.25, 0.3) is 0 Å². The number of hydrogen-bond acceptors (Lipinski definition) is 10. The predicted octanol–water partition coefficient (Wildman–Crippen LogP) is 5.84. The van der Waals surface area contributed by atoms with Gasteiger partial charge >= 0.3 is 0 Å². The van der Waals surface area contributed by atoms with Crippen molar-refractivity contribution in [3.05, 3.63) is 57.4 Å². The van der Waals surface area contributed by atoms with Crippen molar-refractivity contribution in [1.82, 2.24) is 25.0 Å². The lowest BCUT2D eigenvalue weighted by Crippen LogP contribution is -2.38. The van der Waals surface area contributed by atoms with Crippen LogP contribution >= 0.6 is 11.3 Å². The molecule has 9 nitrogen and oxygen atoms in total. The number of aryl methyl sites for hydroxylation is 2. The fraction of sp³-hybridized carbons (Fsp3) is 0.469. The number of likely N-dealkylation sites (N-methyl/N-ethyl adjacent to an activating group) is 1. The molecule has 0 saturated carbocycles. The molecule has 216 valence electrons. The van der Waals surface area contributed by atoms with Crippen LogP contribution in [0, 0.1) is 18.3 Å². The quantitative estimate of drug-likeness (QED) is 0.309. The summed E-state index contributed by atoms with van der Waals surface area (Å²) in [6, 6.07) is 8.63. The number of nitrogen functional groups attached to an aromatic ring is 1. The minimum Gasteiger partial charge on any atom is -0.473 e. The normalized spacial score (nSPS) is 22.5. The lowest BCUT2D eigenvalue weighted by Gasteiger charge is -2.39. The van der Waals surface area contributed by atoms with E-state index in [1.54, 1.807) is 11.3 Å². The number of likely N-dealkylation sites (tertiary alicyclic amines) is 1. The number of ether oxygens (including phenoxy) is 1. The fourth-order valence-corrected chi connectivity index (χ4v) is 8.54. The van der Waals surface area contributed by atoms with E-state index in [0.29, 0.717) is 34.1 Å². The van der Waals surface area contributed by atoms with Crippen LogP contribution in [0.3, 0.4) is 0 Å². The van der Waals surface area contributed by atoms with Crippen molar-refractivity contribution in [2.75, 3.05) is 19.3 Å². The molecule has 4 aromatic rings. The number of anilines is 1. The van der Waals surface area contributed by atoms with Crippen LogP contribution in [-0.2, 0) is 18.3 Å². The minimum absolute atomic E-state index is 0.0368. The Morgan fingerprint density at radius 3 is 2.79 bits per heavy atom. The van der Waals surface area contributed by atoms with Gasteiger partial charge in [0, 0.05) is 45.4 Å². The SMILES string of the molecule is Cc1ccc(-c2cc(O[C@@H](C)[C@@H]3CCCN3C)nc(-c3onc4c3CCC[C@@]43CCCc4sc(N)c(C#N)c43)n2)cn1. The number of pyridine rings is 1. The smallest absolute Gasteiger partial charge is 0.217 e. The first-order chi connectivity index (χ1) is 20.4. The number of fused-ring (bicyclic) bond motifs is 4. The maximum Gasteiger partial charge on any atom is 0.217 e. The van der Waals surface area contributed by atoms with Gasteiger partial charge in [0.2, 0.25) is 17.5 Å². The van der Waals surface area contributed by atoms with Gasteiger partial charge in [-0.15, -0.1) is 11.3 Å². The molecule has 1 saturated heterocycles. The third kappa shape index (κ3) is 4.38. The van der Waals surface area contributed by atoms with Crippen molar-refractivity contribution in [2.45, 2.75) is 82.8 Å².